The summed E-state index contributed by atoms with van der Waals surface area (Å²) in [6.45, 7) is 1.78. The molecule has 0 atom stereocenters. The molecule has 104 valence electrons. The van der Waals surface area contributed by atoms with Crippen LogP contribution in [-0.2, 0) is 6.73 Å². The Balaban J connectivity index is 2.15. The maximum Gasteiger partial charge on any atom is 0.390 e. The van der Waals surface area contributed by atoms with Gasteiger partial charge in [0.2, 0.25) is 6.73 Å². The van der Waals surface area contributed by atoms with Gasteiger partial charge in [-0.1, -0.05) is 12.1 Å². The summed E-state index contributed by atoms with van der Waals surface area (Å²) in [5, 5.41) is 17.9. The standard InChI is InChI=1S/C12H13N5O3/c1-9-6-12(17(18)19)15-16(9)8-20-11-5-3-2-4-10(11)7-14-13/h2-7H,8,13H2,1H3. The predicted octanol–water partition coefficient (Wildman–Crippen LogP) is 1.43. The van der Waals surface area contributed by atoms with E-state index in [-0.39, 0.29) is 12.5 Å². The van der Waals surface area contributed by atoms with Crippen molar-refractivity contribution >= 4 is 12.0 Å². The van der Waals surface area contributed by atoms with Gasteiger partial charge < -0.3 is 20.7 Å². The number of nitro groups is 1. The molecule has 0 spiro atoms. The zero-order chi connectivity index (χ0) is 14.5. The molecule has 0 amide bonds. The summed E-state index contributed by atoms with van der Waals surface area (Å²) in [4.78, 5) is 10.1. The minimum atomic E-state index is -0.543. The van der Waals surface area contributed by atoms with Crippen LogP contribution in [-0.4, -0.2) is 20.9 Å². The van der Waals surface area contributed by atoms with Gasteiger partial charge >= 0.3 is 5.82 Å². The van der Waals surface area contributed by atoms with Gasteiger partial charge in [-0.3, -0.25) is 0 Å². The lowest BCUT2D eigenvalue weighted by Gasteiger charge is -2.07. The van der Waals surface area contributed by atoms with Crippen LogP contribution >= 0.6 is 0 Å². The Morgan fingerprint density at radius 3 is 2.95 bits per heavy atom. The number of nitrogens with zero attached hydrogens (tertiary/aromatic N) is 4. The number of hydrazone groups is 1. The van der Waals surface area contributed by atoms with Crippen LogP contribution in [0.15, 0.2) is 35.4 Å². The number of para-hydroxylation sites is 1. The van der Waals surface area contributed by atoms with Crippen molar-refractivity contribution in [2.24, 2.45) is 10.9 Å². The zero-order valence-corrected chi connectivity index (χ0v) is 10.8. The summed E-state index contributed by atoms with van der Waals surface area (Å²) in [6.07, 6.45) is 1.47. The van der Waals surface area contributed by atoms with Crippen LogP contribution in [0.3, 0.4) is 0 Å². The molecule has 1 aromatic carbocycles. The first-order valence-corrected chi connectivity index (χ1v) is 5.75. The molecular formula is C12H13N5O3. The Kier molecular flexibility index (Phi) is 3.94. The summed E-state index contributed by atoms with van der Waals surface area (Å²) in [5.74, 6) is 5.48. The van der Waals surface area contributed by atoms with Gasteiger partial charge in [-0.2, -0.15) is 5.10 Å². The highest BCUT2D eigenvalue weighted by Crippen LogP contribution is 2.17. The van der Waals surface area contributed by atoms with Gasteiger partial charge in [-0.25, -0.2) is 0 Å². The van der Waals surface area contributed by atoms with Crippen molar-refractivity contribution in [1.29, 1.82) is 0 Å². The molecule has 0 saturated heterocycles. The SMILES string of the molecule is Cc1cc([N+](=O)[O-])nn1COc1ccccc1C=NN. The highest BCUT2D eigenvalue weighted by Gasteiger charge is 2.15. The molecule has 0 radical (unpaired) electrons. The zero-order valence-electron chi connectivity index (χ0n) is 10.8. The third-order valence-electron chi connectivity index (χ3n) is 2.63. The van der Waals surface area contributed by atoms with Crippen LogP contribution in [0.1, 0.15) is 11.3 Å². The minimum Gasteiger partial charge on any atom is -0.469 e. The van der Waals surface area contributed by atoms with Crippen molar-refractivity contribution in [3.05, 3.63) is 51.7 Å². The van der Waals surface area contributed by atoms with Crippen LogP contribution in [0.4, 0.5) is 5.82 Å². The van der Waals surface area contributed by atoms with Gasteiger partial charge in [-0.15, -0.1) is 4.68 Å². The van der Waals surface area contributed by atoms with E-state index in [0.717, 1.165) is 0 Å². The topological polar surface area (TPSA) is 109 Å². The second kappa shape index (κ2) is 5.83. The van der Waals surface area contributed by atoms with Crippen molar-refractivity contribution in [3.63, 3.8) is 0 Å². The molecular weight excluding hydrogens is 262 g/mol. The third-order valence-corrected chi connectivity index (χ3v) is 2.63. The number of hydrogen-bond donors (Lipinski definition) is 1. The first-order chi connectivity index (χ1) is 9.61. The Hall–Kier alpha value is -2.90. The first-order valence-electron chi connectivity index (χ1n) is 5.75. The van der Waals surface area contributed by atoms with Gasteiger partial charge in [0.25, 0.3) is 0 Å². The van der Waals surface area contributed by atoms with Gasteiger partial charge in [0, 0.05) is 5.56 Å². The van der Waals surface area contributed by atoms with E-state index in [9.17, 15) is 10.1 Å². The van der Waals surface area contributed by atoms with E-state index in [1.165, 1.54) is 17.0 Å². The van der Waals surface area contributed by atoms with Gasteiger partial charge in [-0.05, 0) is 24.0 Å². The van der Waals surface area contributed by atoms with E-state index >= 15 is 0 Å². The summed E-state index contributed by atoms with van der Waals surface area (Å²) in [7, 11) is 0. The monoisotopic (exact) mass is 275 g/mol. The molecule has 0 saturated carbocycles. The second-order valence-electron chi connectivity index (χ2n) is 3.99. The van der Waals surface area contributed by atoms with Gasteiger partial charge in [0.05, 0.1) is 23.1 Å². The van der Waals surface area contributed by atoms with E-state index in [4.69, 9.17) is 10.6 Å². The van der Waals surface area contributed by atoms with Crippen molar-refractivity contribution < 1.29 is 9.66 Å². The molecule has 8 heteroatoms. The number of aryl methyl sites for hydroxylation is 1. The average Bonchev–Trinajstić information content (AvgIpc) is 2.80. The van der Waals surface area contributed by atoms with E-state index in [1.807, 2.05) is 12.1 Å². The Morgan fingerprint density at radius 2 is 2.30 bits per heavy atom. The van der Waals surface area contributed by atoms with Crippen molar-refractivity contribution in [2.45, 2.75) is 13.7 Å². The maximum absolute atomic E-state index is 10.6. The fourth-order valence-electron chi connectivity index (χ4n) is 1.64. The van der Waals surface area contributed by atoms with E-state index < -0.39 is 4.92 Å². The Morgan fingerprint density at radius 1 is 1.55 bits per heavy atom. The molecule has 8 nitrogen and oxygen atoms in total. The number of nitrogens with two attached hydrogens (primary N) is 1. The highest BCUT2D eigenvalue weighted by atomic mass is 16.6. The molecule has 20 heavy (non-hydrogen) atoms. The summed E-state index contributed by atoms with van der Waals surface area (Å²) in [6, 6.07) is 8.57. The van der Waals surface area contributed by atoms with E-state index in [0.29, 0.717) is 17.0 Å². The average molecular weight is 275 g/mol. The maximum atomic E-state index is 10.6. The number of aromatic nitrogens is 2. The molecule has 0 unspecified atom stereocenters. The summed E-state index contributed by atoms with van der Waals surface area (Å²) >= 11 is 0. The van der Waals surface area contributed by atoms with E-state index in [1.54, 1.807) is 19.1 Å². The molecule has 1 aromatic heterocycles. The van der Waals surface area contributed by atoms with Gasteiger partial charge in [0.15, 0.2) is 0 Å². The smallest absolute Gasteiger partial charge is 0.390 e. The molecule has 1 heterocycles. The van der Waals surface area contributed by atoms with Crippen molar-refractivity contribution in [1.82, 2.24) is 9.78 Å². The Labute approximate surface area is 114 Å². The normalized spacial score (nSPS) is 10.8. The van der Waals surface area contributed by atoms with Crippen LogP contribution in [0.25, 0.3) is 0 Å². The molecule has 0 aliphatic carbocycles. The largest absolute Gasteiger partial charge is 0.469 e. The third kappa shape index (κ3) is 2.91. The summed E-state index contributed by atoms with van der Waals surface area (Å²) < 4.78 is 6.99. The molecule has 0 aliphatic rings. The van der Waals surface area contributed by atoms with Crippen LogP contribution in [0.5, 0.6) is 5.75 Å². The van der Waals surface area contributed by atoms with Crippen LogP contribution in [0, 0.1) is 17.0 Å². The lowest BCUT2D eigenvalue weighted by atomic mass is 10.2. The Bertz CT molecular complexity index is 650. The number of benzene rings is 1. The highest BCUT2D eigenvalue weighted by molar-refractivity contribution is 5.83. The molecule has 0 aliphatic heterocycles. The number of hydrogen-bond acceptors (Lipinski definition) is 6. The lowest BCUT2D eigenvalue weighted by molar-refractivity contribution is -0.389. The second-order valence-corrected chi connectivity index (χ2v) is 3.99. The summed E-state index contributed by atoms with van der Waals surface area (Å²) in [5.41, 5.74) is 1.36. The molecule has 2 aromatic rings. The fraction of sp³-hybridized carbons (Fsp3) is 0.167. The number of rotatable bonds is 5. The number of ether oxygens (including phenoxy) is 1. The lowest BCUT2D eigenvalue weighted by Crippen LogP contribution is -2.09. The fourth-order valence-corrected chi connectivity index (χ4v) is 1.64. The van der Waals surface area contributed by atoms with E-state index in [2.05, 4.69) is 10.2 Å². The molecule has 2 N–H and O–H groups in total. The van der Waals surface area contributed by atoms with Gasteiger partial charge in [0.1, 0.15) is 5.75 Å². The van der Waals surface area contributed by atoms with Crippen molar-refractivity contribution in [3.8, 4) is 5.75 Å². The van der Waals surface area contributed by atoms with Crippen LogP contribution in [0.2, 0.25) is 0 Å². The van der Waals surface area contributed by atoms with Crippen molar-refractivity contribution in [2.75, 3.05) is 0 Å². The molecule has 0 bridgehead atoms. The molecule has 0 fully saturated rings. The first kappa shape index (κ1) is 13.5. The molecule has 2 rings (SSSR count). The van der Waals surface area contributed by atoms with Crippen LogP contribution < -0.4 is 10.6 Å². The quantitative estimate of drug-likeness (QED) is 0.384. The minimum absolute atomic E-state index is 0.0646. The predicted molar refractivity (Wildman–Crippen MR) is 72.5 cm³/mol.